The Kier molecular flexibility index (Phi) is 2.55. The van der Waals surface area contributed by atoms with Gasteiger partial charge in [-0.1, -0.05) is 18.7 Å². The predicted molar refractivity (Wildman–Crippen MR) is 67.5 cm³/mol. The van der Waals surface area contributed by atoms with E-state index in [0.717, 1.165) is 23.4 Å². The second kappa shape index (κ2) is 4.07. The molecule has 3 rings (SSSR count). The number of benzene rings is 1. The molecule has 0 bridgehead atoms. The van der Waals surface area contributed by atoms with Crippen molar-refractivity contribution in [2.45, 2.75) is 25.2 Å². The first kappa shape index (κ1) is 10.7. The van der Waals surface area contributed by atoms with E-state index in [1.54, 1.807) is 0 Å². The van der Waals surface area contributed by atoms with E-state index in [4.69, 9.17) is 4.74 Å². The number of hydrogen-bond donors (Lipinski definition) is 1. The highest BCUT2D eigenvalue weighted by molar-refractivity contribution is 8.14. The molecule has 1 atom stereocenters. The summed E-state index contributed by atoms with van der Waals surface area (Å²) in [6.45, 7) is 2.74. The van der Waals surface area contributed by atoms with E-state index >= 15 is 0 Å². The van der Waals surface area contributed by atoms with Crippen LogP contribution in [-0.2, 0) is 6.61 Å². The summed E-state index contributed by atoms with van der Waals surface area (Å²) in [6, 6.07) is 6.06. The fourth-order valence-corrected chi connectivity index (χ4v) is 2.81. The molecule has 88 valence electrons. The van der Waals surface area contributed by atoms with E-state index in [2.05, 4.69) is 23.5 Å². The molecule has 2 aliphatic rings. The van der Waals surface area contributed by atoms with E-state index in [0.29, 0.717) is 6.61 Å². The molecule has 17 heavy (non-hydrogen) atoms. The van der Waals surface area contributed by atoms with Crippen molar-refractivity contribution in [1.82, 2.24) is 5.43 Å². The molecule has 1 aromatic rings. The Morgan fingerprint density at radius 1 is 1.59 bits per heavy atom. The number of nitrogens with zero attached hydrogens (tertiary/aromatic N) is 1. The minimum absolute atomic E-state index is 0.0760. The molecule has 1 unspecified atom stereocenters. The Morgan fingerprint density at radius 2 is 2.47 bits per heavy atom. The zero-order valence-corrected chi connectivity index (χ0v) is 10.2. The van der Waals surface area contributed by atoms with E-state index in [1.807, 2.05) is 12.1 Å². The maximum Gasteiger partial charge on any atom is 0.299 e. The lowest BCUT2D eigenvalue weighted by Gasteiger charge is -2.24. The molecule has 0 saturated heterocycles. The van der Waals surface area contributed by atoms with Gasteiger partial charge in [0.25, 0.3) is 5.24 Å². The van der Waals surface area contributed by atoms with Gasteiger partial charge in [-0.25, -0.2) is 5.43 Å². The smallest absolute Gasteiger partial charge is 0.299 e. The quantitative estimate of drug-likeness (QED) is 0.875. The minimum atomic E-state index is -0.0760. The van der Waals surface area contributed by atoms with Crippen LogP contribution in [0.4, 0.5) is 4.79 Å². The number of amides is 1. The highest BCUT2D eigenvalue weighted by Crippen LogP contribution is 2.32. The molecule has 2 aliphatic heterocycles. The van der Waals surface area contributed by atoms with Crippen molar-refractivity contribution < 1.29 is 9.53 Å². The molecule has 2 heterocycles. The number of rotatable bonds is 2. The Hall–Kier alpha value is -1.49. The summed E-state index contributed by atoms with van der Waals surface area (Å²) in [7, 11) is 0. The number of hydrogen-bond acceptors (Lipinski definition) is 4. The highest BCUT2D eigenvalue weighted by atomic mass is 32.2. The topological polar surface area (TPSA) is 50.7 Å². The first-order valence-electron chi connectivity index (χ1n) is 5.58. The molecular weight excluding hydrogens is 236 g/mol. The van der Waals surface area contributed by atoms with Crippen LogP contribution in [0.15, 0.2) is 23.3 Å². The van der Waals surface area contributed by atoms with E-state index in [-0.39, 0.29) is 10.5 Å². The van der Waals surface area contributed by atoms with Gasteiger partial charge in [0.15, 0.2) is 0 Å². The Morgan fingerprint density at radius 3 is 3.12 bits per heavy atom. The van der Waals surface area contributed by atoms with Gasteiger partial charge in [0, 0.05) is 5.56 Å². The van der Waals surface area contributed by atoms with E-state index in [9.17, 15) is 4.79 Å². The lowest BCUT2D eigenvalue weighted by Crippen LogP contribution is -2.31. The highest BCUT2D eigenvalue weighted by Gasteiger charge is 2.26. The molecule has 4 nitrogen and oxygen atoms in total. The van der Waals surface area contributed by atoms with Crippen LogP contribution < -0.4 is 10.2 Å². The predicted octanol–water partition coefficient (Wildman–Crippen LogP) is 2.52. The maximum atomic E-state index is 11.3. The summed E-state index contributed by atoms with van der Waals surface area (Å²) in [6.07, 6.45) is 0.893. The summed E-state index contributed by atoms with van der Waals surface area (Å²) in [5.74, 6) is 0.954. The van der Waals surface area contributed by atoms with Crippen LogP contribution in [0.5, 0.6) is 5.75 Å². The zero-order valence-electron chi connectivity index (χ0n) is 9.40. The molecule has 0 spiro atoms. The summed E-state index contributed by atoms with van der Waals surface area (Å²) in [4.78, 5) is 11.3. The number of carbonyl (C=O) groups excluding carboxylic acids is 1. The average Bonchev–Trinajstić information content (AvgIpc) is 2.31. The van der Waals surface area contributed by atoms with Crippen LogP contribution in [0.1, 0.15) is 24.5 Å². The van der Waals surface area contributed by atoms with Gasteiger partial charge in [0.2, 0.25) is 0 Å². The number of thioether (sulfide) groups is 1. The van der Waals surface area contributed by atoms with Crippen LogP contribution in [-0.4, -0.2) is 16.2 Å². The van der Waals surface area contributed by atoms with Crippen molar-refractivity contribution >= 4 is 22.7 Å². The van der Waals surface area contributed by atoms with Crippen molar-refractivity contribution in [3.8, 4) is 5.75 Å². The van der Waals surface area contributed by atoms with E-state index < -0.39 is 0 Å². The van der Waals surface area contributed by atoms with Crippen LogP contribution in [0, 0.1) is 0 Å². The van der Waals surface area contributed by atoms with Gasteiger partial charge in [0.1, 0.15) is 12.4 Å². The molecule has 0 aliphatic carbocycles. The van der Waals surface area contributed by atoms with E-state index in [1.165, 1.54) is 17.3 Å². The molecule has 0 fully saturated rings. The third kappa shape index (κ3) is 1.80. The van der Waals surface area contributed by atoms with Crippen molar-refractivity contribution in [2.24, 2.45) is 5.10 Å². The first-order chi connectivity index (χ1) is 8.28. The van der Waals surface area contributed by atoms with Gasteiger partial charge in [0.05, 0.1) is 11.0 Å². The van der Waals surface area contributed by atoms with Crippen LogP contribution >= 0.6 is 11.8 Å². The number of hydrazone groups is 1. The summed E-state index contributed by atoms with van der Waals surface area (Å²) < 4.78 is 5.27. The fraction of sp³-hybridized carbons (Fsp3) is 0.333. The minimum Gasteiger partial charge on any atom is -0.488 e. The number of carbonyl (C=O) groups is 1. The maximum absolute atomic E-state index is 11.3. The van der Waals surface area contributed by atoms with Gasteiger partial charge in [-0.05, 0) is 30.2 Å². The average molecular weight is 248 g/mol. The monoisotopic (exact) mass is 248 g/mol. The van der Waals surface area contributed by atoms with Crippen molar-refractivity contribution in [3.05, 3.63) is 29.3 Å². The second-order valence-electron chi connectivity index (χ2n) is 4.02. The molecule has 5 heteroatoms. The molecule has 0 radical (unpaired) electrons. The standard InChI is InChI=1S/C12H12N2O2S/c1-2-10-11(13-14-12(15)17-10)7-3-4-9-8(5-7)6-16-9/h3-5,10H,2,6H2,1H3,(H,14,15). The summed E-state index contributed by atoms with van der Waals surface area (Å²) >= 11 is 1.31. The van der Waals surface area contributed by atoms with Gasteiger partial charge in [-0.2, -0.15) is 5.10 Å². The van der Waals surface area contributed by atoms with Crippen molar-refractivity contribution in [3.63, 3.8) is 0 Å². The molecule has 0 saturated carbocycles. The Labute approximate surface area is 103 Å². The van der Waals surface area contributed by atoms with Gasteiger partial charge < -0.3 is 4.74 Å². The van der Waals surface area contributed by atoms with Crippen molar-refractivity contribution in [1.29, 1.82) is 0 Å². The summed E-state index contributed by atoms with van der Waals surface area (Å²) in [5, 5.41) is 4.25. The summed E-state index contributed by atoms with van der Waals surface area (Å²) in [5.41, 5.74) is 5.76. The lowest BCUT2D eigenvalue weighted by atomic mass is 10.0. The third-order valence-corrected chi connectivity index (χ3v) is 4.08. The van der Waals surface area contributed by atoms with Gasteiger partial charge >= 0.3 is 0 Å². The number of fused-ring (bicyclic) bond motifs is 1. The molecular formula is C12H12N2O2S. The SMILES string of the molecule is CCC1SC(=O)NN=C1c1ccc2c(c1)CO2. The molecule has 0 aromatic heterocycles. The first-order valence-corrected chi connectivity index (χ1v) is 6.46. The second-order valence-corrected chi connectivity index (χ2v) is 5.20. The zero-order chi connectivity index (χ0) is 11.8. The molecule has 1 N–H and O–H groups in total. The normalized spacial score (nSPS) is 21.8. The number of ether oxygens (including phenoxy) is 1. The Balaban J connectivity index is 1.96. The van der Waals surface area contributed by atoms with Crippen LogP contribution in [0.3, 0.4) is 0 Å². The van der Waals surface area contributed by atoms with Gasteiger partial charge in [-0.15, -0.1) is 0 Å². The largest absolute Gasteiger partial charge is 0.488 e. The van der Waals surface area contributed by atoms with Crippen molar-refractivity contribution in [2.75, 3.05) is 0 Å². The van der Waals surface area contributed by atoms with Crippen LogP contribution in [0.2, 0.25) is 0 Å². The lowest BCUT2D eigenvalue weighted by molar-refractivity contribution is 0.243. The molecule has 1 amide bonds. The fourth-order valence-electron chi connectivity index (χ4n) is 1.98. The molecule has 1 aromatic carbocycles. The third-order valence-electron chi connectivity index (χ3n) is 2.93. The Bertz CT molecular complexity index is 513. The van der Waals surface area contributed by atoms with Crippen LogP contribution in [0.25, 0.3) is 0 Å². The number of nitrogens with one attached hydrogen (secondary N) is 1. The van der Waals surface area contributed by atoms with Gasteiger partial charge in [-0.3, -0.25) is 4.79 Å².